The molecule has 3 aliphatic heterocycles. The number of piperazine rings is 1. The Morgan fingerprint density at radius 3 is 2.64 bits per heavy atom. The Hall–Kier alpha value is -2.91. The van der Waals surface area contributed by atoms with Crippen molar-refractivity contribution in [2.75, 3.05) is 37.6 Å². The molecule has 6 rings (SSSR count). The molecule has 0 spiro atoms. The number of thiophene rings is 1. The van der Waals surface area contributed by atoms with Crippen LogP contribution >= 0.6 is 11.3 Å². The molecule has 0 saturated carbocycles. The van der Waals surface area contributed by atoms with Crippen LogP contribution in [0.5, 0.6) is 0 Å². The molecule has 3 aromatic heterocycles. The van der Waals surface area contributed by atoms with Gasteiger partial charge in [0.05, 0.1) is 24.6 Å². The van der Waals surface area contributed by atoms with E-state index in [9.17, 15) is 9.18 Å². The number of carbonyl (C=O) groups excluding carboxylic acids is 1. The van der Waals surface area contributed by atoms with E-state index in [1.54, 1.807) is 11.3 Å². The van der Waals surface area contributed by atoms with Gasteiger partial charge in [-0.3, -0.25) is 14.7 Å². The minimum absolute atomic E-state index is 0.179. The third-order valence-corrected chi connectivity index (χ3v) is 7.88. The van der Waals surface area contributed by atoms with E-state index < -0.39 is 5.82 Å². The molecule has 2 bridgehead atoms. The van der Waals surface area contributed by atoms with Crippen molar-refractivity contribution in [3.8, 4) is 0 Å². The van der Waals surface area contributed by atoms with Crippen LogP contribution in [0.1, 0.15) is 25.0 Å². The second kappa shape index (κ2) is 8.46. The van der Waals surface area contributed by atoms with Gasteiger partial charge >= 0.3 is 0 Å². The third kappa shape index (κ3) is 3.89. The molecule has 1 amide bonds. The van der Waals surface area contributed by atoms with Gasteiger partial charge in [0.25, 0.3) is 0 Å². The highest BCUT2D eigenvalue weighted by atomic mass is 32.1. The summed E-state index contributed by atoms with van der Waals surface area (Å²) in [4.78, 5) is 32.5. The van der Waals surface area contributed by atoms with Crippen molar-refractivity contribution in [1.82, 2.24) is 24.8 Å². The van der Waals surface area contributed by atoms with Gasteiger partial charge in [-0.2, -0.15) is 0 Å². The number of pyridine rings is 1. The van der Waals surface area contributed by atoms with Gasteiger partial charge in [0.15, 0.2) is 5.82 Å². The molecular formula is C24H25FN6OS. The van der Waals surface area contributed by atoms with Crippen LogP contribution in [-0.4, -0.2) is 75.5 Å². The summed E-state index contributed by atoms with van der Waals surface area (Å²) in [5, 5.41) is 3.30. The molecular weight excluding hydrogens is 439 g/mol. The zero-order valence-electron chi connectivity index (χ0n) is 18.2. The van der Waals surface area contributed by atoms with Crippen LogP contribution in [0.3, 0.4) is 0 Å². The minimum Gasteiger partial charge on any atom is -0.338 e. The summed E-state index contributed by atoms with van der Waals surface area (Å²) in [7, 11) is 0. The van der Waals surface area contributed by atoms with Crippen molar-refractivity contribution in [2.45, 2.75) is 31.3 Å². The number of anilines is 1. The Balaban J connectivity index is 1.09. The van der Waals surface area contributed by atoms with E-state index in [0.717, 1.165) is 44.6 Å². The predicted octanol–water partition coefficient (Wildman–Crippen LogP) is 3.19. The summed E-state index contributed by atoms with van der Waals surface area (Å²) < 4.78 is 14.5. The average Bonchev–Trinajstić information content (AvgIpc) is 3.42. The maximum absolute atomic E-state index is 13.2. The molecule has 0 aliphatic carbocycles. The highest BCUT2D eigenvalue weighted by Gasteiger charge is 2.41. The van der Waals surface area contributed by atoms with Crippen molar-refractivity contribution in [3.05, 3.63) is 53.7 Å². The molecule has 0 aromatic carbocycles. The largest absolute Gasteiger partial charge is 0.338 e. The van der Waals surface area contributed by atoms with Crippen LogP contribution in [0.4, 0.5) is 10.3 Å². The van der Waals surface area contributed by atoms with Crippen molar-refractivity contribution in [3.63, 3.8) is 0 Å². The molecule has 3 aromatic rings. The number of hydrogen-bond donors (Lipinski definition) is 0. The topological polar surface area (TPSA) is 65.5 Å². The molecule has 9 heteroatoms. The van der Waals surface area contributed by atoms with E-state index in [2.05, 4.69) is 48.3 Å². The standard InChI is InChI=1S/C24H25FN6OS/c25-17-11-27-24(28-12-17)31-18-1-2-19(31)14-29(13-18)15-22(32)30-8-4-16(5-9-30)23-20-6-10-33-21(20)3-7-26-23/h3-4,6-7,10-12,18-19H,1-2,5,8-9,13-15H2. The Morgan fingerprint density at radius 2 is 1.91 bits per heavy atom. The smallest absolute Gasteiger partial charge is 0.237 e. The normalized spacial score (nSPS) is 23.2. The molecule has 3 aliphatic rings. The number of rotatable bonds is 4. The van der Waals surface area contributed by atoms with E-state index in [-0.39, 0.29) is 18.0 Å². The van der Waals surface area contributed by atoms with Crippen LogP contribution in [0.2, 0.25) is 0 Å². The molecule has 6 heterocycles. The Bertz CT molecular complexity index is 1200. The fourth-order valence-electron chi connectivity index (χ4n) is 5.44. The molecule has 2 saturated heterocycles. The summed E-state index contributed by atoms with van der Waals surface area (Å²) in [6.45, 7) is 3.41. The maximum atomic E-state index is 13.2. The van der Waals surface area contributed by atoms with Gasteiger partial charge in [-0.1, -0.05) is 6.08 Å². The zero-order valence-corrected chi connectivity index (χ0v) is 19.0. The fraction of sp³-hybridized carbons (Fsp3) is 0.417. The summed E-state index contributed by atoms with van der Waals surface area (Å²) in [5.41, 5.74) is 2.28. The number of aromatic nitrogens is 3. The van der Waals surface area contributed by atoms with Gasteiger partial charge in [0.2, 0.25) is 11.9 Å². The Labute approximate surface area is 195 Å². The first-order valence-corrected chi connectivity index (χ1v) is 12.3. The molecule has 2 atom stereocenters. The van der Waals surface area contributed by atoms with Gasteiger partial charge < -0.3 is 9.80 Å². The zero-order chi connectivity index (χ0) is 22.4. The first kappa shape index (κ1) is 20.7. The number of nitrogens with zero attached hydrogens (tertiary/aromatic N) is 6. The molecule has 0 N–H and O–H groups in total. The third-order valence-electron chi connectivity index (χ3n) is 7.00. The van der Waals surface area contributed by atoms with E-state index in [1.807, 2.05) is 11.1 Å². The predicted molar refractivity (Wildman–Crippen MR) is 127 cm³/mol. The quantitative estimate of drug-likeness (QED) is 0.591. The van der Waals surface area contributed by atoms with Crippen molar-refractivity contribution >= 4 is 38.9 Å². The van der Waals surface area contributed by atoms with Crippen LogP contribution in [0.15, 0.2) is 42.2 Å². The van der Waals surface area contributed by atoms with Crippen molar-refractivity contribution in [2.24, 2.45) is 0 Å². The molecule has 2 fully saturated rings. The lowest BCUT2D eigenvalue weighted by Crippen LogP contribution is -2.56. The summed E-state index contributed by atoms with van der Waals surface area (Å²) in [5.74, 6) is 0.354. The molecule has 170 valence electrons. The lowest BCUT2D eigenvalue weighted by Gasteiger charge is -2.41. The number of halogens is 1. The maximum Gasteiger partial charge on any atom is 0.237 e. The average molecular weight is 465 g/mol. The molecule has 0 radical (unpaired) electrons. The number of likely N-dealkylation sites (tertiary alicyclic amines) is 1. The summed E-state index contributed by atoms with van der Waals surface area (Å²) in [6.07, 6.45) is 9.41. The monoisotopic (exact) mass is 464 g/mol. The number of carbonyl (C=O) groups is 1. The summed E-state index contributed by atoms with van der Waals surface area (Å²) >= 11 is 1.73. The van der Waals surface area contributed by atoms with E-state index in [0.29, 0.717) is 19.0 Å². The number of hydrogen-bond acceptors (Lipinski definition) is 7. The Morgan fingerprint density at radius 1 is 1.12 bits per heavy atom. The lowest BCUT2D eigenvalue weighted by atomic mass is 10.0. The van der Waals surface area contributed by atoms with Gasteiger partial charge in [-0.25, -0.2) is 14.4 Å². The van der Waals surface area contributed by atoms with Crippen molar-refractivity contribution < 1.29 is 9.18 Å². The van der Waals surface area contributed by atoms with Gasteiger partial charge in [0, 0.05) is 54.5 Å². The van der Waals surface area contributed by atoms with Gasteiger partial charge in [-0.15, -0.1) is 11.3 Å². The molecule has 33 heavy (non-hydrogen) atoms. The first-order valence-electron chi connectivity index (χ1n) is 11.4. The number of amides is 1. The van der Waals surface area contributed by atoms with Crippen molar-refractivity contribution in [1.29, 1.82) is 0 Å². The fourth-order valence-corrected chi connectivity index (χ4v) is 6.22. The van der Waals surface area contributed by atoms with Crippen LogP contribution in [0, 0.1) is 5.82 Å². The highest BCUT2D eigenvalue weighted by Crippen LogP contribution is 2.33. The summed E-state index contributed by atoms with van der Waals surface area (Å²) in [6, 6.07) is 4.72. The van der Waals surface area contributed by atoms with Crippen LogP contribution in [-0.2, 0) is 4.79 Å². The van der Waals surface area contributed by atoms with E-state index in [1.165, 1.54) is 28.1 Å². The second-order valence-electron chi connectivity index (χ2n) is 9.00. The SMILES string of the molecule is O=C(CN1CC2CCC(C1)N2c1ncc(F)cn1)N1CC=C(c2nccc3sccc23)CC1. The number of fused-ring (bicyclic) bond motifs is 3. The van der Waals surface area contributed by atoms with Crippen LogP contribution < -0.4 is 4.90 Å². The molecule has 7 nitrogen and oxygen atoms in total. The van der Waals surface area contributed by atoms with Gasteiger partial charge in [0.1, 0.15) is 0 Å². The van der Waals surface area contributed by atoms with E-state index in [4.69, 9.17) is 0 Å². The van der Waals surface area contributed by atoms with E-state index >= 15 is 0 Å². The lowest BCUT2D eigenvalue weighted by molar-refractivity contribution is -0.132. The van der Waals surface area contributed by atoms with Crippen LogP contribution in [0.25, 0.3) is 15.7 Å². The first-order chi connectivity index (χ1) is 16.2. The highest BCUT2D eigenvalue weighted by molar-refractivity contribution is 7.17. The Kier molecular flexibility index (Phi) is 5.30. The second-order valence-corrected chi connectivity index (χ2v) is 9.95. The minimum atomic E-state index is -0.420. The van der Waals surface area contributed by atoms with Gasteiger partial charge in [-0.05, 0) is 42.3 Å². The molecule has 2 unspecified atom stereocenters.